The van der Waals surface area contributed by atoms with Crippen LogP contribution in [0.1, 0.15) is 0 Å². The lowest BCUT2D eigenvalue weighted by atomic mass is 10.00. The minimum Gasteiger partial charge on any atom is -0.227 e. The highest BCUT2D eigenvalue weighted by molar-refractivity contribution is 7.25. The van der Waals surface area contributed by atoms with E-state index in [-0.39, 0.29) is 0 Å². The minimum atomic E-state index is 0.622. The summed E-state index contributed by atoms with van der Waals surface area (Å²) in [6.07, 6.45) is 0. The van der Waals surface area contributed by atoms with Gasteiger partial charge in [0.25, 0.3) is 0 Å². The highest BCUT2D eigenvalue weighted by atomic mass is 32.1. The van der Waals surface area contributed by atoms with Crippen molar-refractivity contribution in [3.05, 3.63) is 164 Å². The summed E-state index contributed by atoms with van der Waals surface area (Å²) >= 11 is 1.71. The molecule has 9 aromatic rings. The first kappa shape index (κ1) is 28.8. The van der Waals surface area contributed by atoms with Crippen molar-refractivity contribution in [1.29, 1.82) is 0 Å². The average molecular weight is 646 g/mol. The highest BCUT2D eigenvalue weighted by Gasteiger charge is 2.17. The lowest BCUT2D eigenvalue weighted by molar-refractivity contribution is 1.07. The largest absolute Gasteiger partial charge is 0.227 e. The van der Waals surface area contributed by atoms with Crippen molar-refractivity contribution in [1.82, 2.24) is 24.9 Å². The Hall–Kier alpha value is -6.37. The van der Waals surface area contributed by atoms with E-state index < -0.39 is 0 Å². The van der Waals surface area contributed by atoms with Crippen LogP contribution >= 0.6 is 11.3 Å². The van der Waals surface area contributed by atoms with Gasteiger partial charge in [0.05, 0.1) is 5.69 Å². The highest BCUT2D eigenvalue weighted by Crippen LogP contribution is 2.40. The van der Waals surface area contributed by atoms with Gasteiger partial charge >= 0.3 is 0 Å². The molecule has 230 valence electrons. The van der Waals surface area contributed by atoms with E-state index in [1.54, 1.807) is 11.3 Å². The Morgan fingerprint density at radius 2 is 0.755 bits per heavy atom. The van der Waals surface area contributed by atoms with Gasteiger partial charge in [-0.3, -0.25) is 0 Å². The van der Waals surface area contributed by atoms with E-state index in [9.17, 15) is 0 Å². The molecule has 0 N–H and O–H groups in total. The zero-order valence-corrected chi connectivity index (χ0v) is 27.0. The number of thiophene rings is 1. The summed E-state index contributed by atoms with van der Waals surface area (Å²) in [4.78, 5) is 26.1. The fourth-order valence-corrected chi connectivity index (χ4v) is 7.25. The van der Waals surface area contributed by atoms with E-state index in [2.05, 4.69) is 97.1 Å². The second-order valence-electron chi connectivity index (χ2n) is 11.7. The van der Waals surface area contributed by atoms with Crippen LogP contribution in [0, 0.1) is 0 Å². The van der Waals surface area contributed by atoms with E-state index in [0.717, 1.165) is 54.9 Å². The van der Waals surface area contributed by atoms with Crippen molar-refractivity contribution in [2.45, 2.75) is 0 Å². The molecule has 3 aromatic heterocycles. The van der Waals surface area contributed by atoms with Gasteiger partial charge in [-0.2, -0.15) is 0 Å². The molecule has 0 fully saturated rings. The Kier molecular flexibility index (Phi) is 7.26. The average Bonchev–Trinajstić information content (AvgIpc) is 3.57. The lowest BCUT2D eigenvalue weighted by Crippen LogP contribution is -2.00. The smallest absolute Gasteiger partial charge is 0.164 e. The summed E-state index contributed by atoms with van der Waals surface area (Å²) in [5.74, 6) is 2.60. The van der Waals surface area contributed by atoms with Gasteiger partial charge in [0.2, 0.25) is 0 Å². The van der Waals surface area contributed by atoms with E-state index >= 15 is 0 Å². The lowest BCUT2D eigenvalue weighted by Gasteiger charge is -2.11. The normalized spacial score (nSPS) is 11.3. The number of fused-ring (bicyclic) bond motifs is 3. The first-order valence-electron chi connectivity index (χ1n) is 16.1. The van der Waals surface area contributed by atoms with Gasteiger partial charge in [-0.25, -0.2) is 24.9 Å². The third kappa shape index (κ3) is 5.54. The fourth-order valence-electron chi connectivity index (χ4n) is 6.17. The predicted molar refractivity (Wildman–Crippen MR) is 201 cm³/mol. The number of benzene rings is 6. The SMILES string of the molecule is c1ccc(-c2nc(-c3ccccc3)nc(-c3cccc(-c4cccc(-c5nc(-c6ccccc6)c6c(n5)sc5ccccc56)c4)c3)n2)cc1. The van der Waals surface area contributed by atoms with Crippen molar-refractivity contribution in [2.75, 3.05) is 0 Å². The summed E-state index contributed by atoms with van der Waals surface area (Å²) in [6, 6.07) is 55.8. The first-order valence-corrected chi connectivity index (χ1v) is 16.9. The molecular weight excluding hydrogens is 619 g/mol. The maximum Gasteiger partial charge on any atom is 0.164 e. The maximum atomic E-state index is 5.21. The predicted octanol–water partition coefficient (Wildman–Crippen LogP) is 11.0. The third-order valence-corrected chi connectivity index (χ3v) is 9.63. The monoisotopic (exact) mass is 645 g/mol. The first-order chi connectivity index (χ1) is 24.3. The second kappa shape index (κ2) is 12.3. The number of aromatic nitrogens is 5. The summed E-state index contributed by atoms with van der Waals surface area (Å²) in [7, 11) is 0. The summed E-state index contributed by atoms with van der Waals surface area (Å²) < 4.78 is 1.20. The molecule has 0 bridgehead atoms. The number of hydrogen-bond donors (Lipinski definition) is 0. The Bertz CT molecular complexity index is 2540. The van der Waals surface area contributed by atoms with Crippen LogP contribution in [0.25, 0.3) is 88.2 Å². The quantitative estimate of drug-likeness (QED) is 0.180. The number of rotatable bonds is 6. The molecule has 0 aliphatic heterocycles. The molecule has 6 aromatic carbocycles. The van der Waals surface area contributed by atoms with Crippen LogP contribution in [-0.4, -0.2) is 24.9 Å². The molecule has 0 saturated heterocycles. The van der Waals surface area contributed by atoms with Gasteiger partial charge in [0.15, 0.2) is 23.3 Å². The molecule has 0 spiro atoms. The zero-order chi connectivity index (χ0) is 32.6. The molecular formula is C43H27N5S. The van der Waals surface area contributed by atoms with Crippen molar-refractivity contribution in [2.24, 2.45) is 0 Å². The zero-order valence-electron chi connectivity index (χ0n) is 26.2. The Morgan fingerprint density at radius 1 is 0.327 bits per heavy atom. The number of hydrogen-bond acceptors (Lipinski definition) is 6. The molecule has 0 unspecified atom stereocenters. The molecule has 9 rings (SSSR count). The van der Waals surface area contributed by atoms with Crippen molar-refractivity contribution < 1.29 is 0 Å². The maximum absolute atomic E-state index is 5.21. The standard InChI is InChI=1S/C43H27N5S/c1-4-14-28(15-5-1)38-37-35-24-10-11-25-36(35)49-43(37)48-41(44-38)33-22-12-20-31(26-33)32-21-13-23-34(27-32)42-46-39(29-16-6-2-7-17-29)45-40(47-42)30-18-8-3-9-19-30/h1-27H. The van der Waals surface area contributed by atoms with Gasteiger partial charge in [-0.15, -0.1) is 11.3 Å². The molecule has 0 saturated carbocycles. The Balaban J connectivity index is 1.15. The van der Waals surface area contributed by atoms with Gasteiger partial charge < -0.3 is 0 Å². The van der Waals surface area contributed by atoms with E-state index in [0.29, 0.717) is 23.3 Å². The molecule has 6 heteroatoms. The number of nitrogens with zero attached hydrogens (tertiary/aromatic N) is 5. The molecule has 0 radical (unpaired) electrons. The molecule has 0 aliphatic carbocycles. The molecule has 5 nitrogen and oxygen atoms in total. The van der Waals surface area contributed by atoms with Crippen LogP contribution in [0.5, 0.6) is 0 Å². The summed E-state index contributed by atoms with van der Waals surface area (Å²) in [5.41, 5.74) is 7.88. The van der Waals surface area contributed by atoms with Crippen LogP contribution in [0.3, 0.4) is 0 Å². The van der Waals surface area contributed by atoms with Crippen LogP contribution in [0.15, 0.2) is 164 Å². The van der Waals surface area contributed by atoms with Gasteiger partial charge in [-0.05, 0) is 29.3 Å². The third-order valence-electron chi connectivity index (χ3n) is 8.56. The van der Waals surface area contributed by atoms with Gasteiger partial charge in [0.1, 0.15) is 4.83 Å². The Labute approximate surface area is 287 Å². The van der Waals surface area contributed by atoms with Crippen molar-refractivity contribution in [3.63, 3.8) is 0 Å². The molecule has 49 heavy (non-hydrogen) atoms. The van der Waals surface area contributed by atoms with Gasteiger partial charge in [0, 0.05) is 43.3 Å². The van der Waals surface area contributed by atoms with Gasteiger partial charge in [-0.1, -0.05) is 146 Å². The van der Waals surface area contributed by atoms with Crippen LogP contribution in [0.4, 0.5) is 0 Å². The molecule has 0 atom stereocenters. The van der Waals surface area contributed by atoms with E-state index in [4.69, 9.17) is 24.9 Å². The minimum absolute atomic E-state index is 0.622. The van der Waals surface area contributed by atoms with Crippen LogP contribution in [0.2, 0.25) is 0 Å². The van der Waals surface area contributed by atoms with E-state index in [1.165, 1.54) is 10.1 Å². The molecule has 0 aliphatic rings. The van der Waals surface area contributed by atoms with Crippen LogP contribution < -0.4 is 0 Å². The summed E-state index contributed by atoms with van der Waals surface area (Å²) in [5, 5.41) is 2.28. The molecule has 3 heterocycles. The van der Waals surface area contributed by atoms with Crippen LogP contribution in [-0.2, 0) is 0 Å². The topological polar surface area (TPSA) is 64.5 Å². The molecule has 0 amide bonds. The fraction of sp³-hybridized carbons (Fsp3) is 0. The van der Waals surface area contributed by atoms with E-state index in [1.807, 2.05) is 66.7 Å². The van der Waals surface area contributed by atoms with Crippen molar-refractivity contribution >= 4 is 31.6 Å². The Morgan fingerprint density at radius 3 is 1.33 bits per heavy atom. The second-order valence-corrected chi connectivity index (χ2v) is 12.8. The van der Waals surface area contributed by atoms with Crippen molar-refractivity contribution in [3.8, 4) is 67.9 Å². The summed E-state index contributed by atoms with van der Waals surface area (Å²) in [6.45, 7) is 0.